The third-order valence-corrected chi connectivity index (χ3v) is 4.37. The van der Waals surface area contributed by atoms with E-state index in [0.717, 1.165) is 18.1 Å². The van der Waals surface area contributed by atoms with Crippen LogP contribution in [0.4, 0.5) is 8.78 Å². The first-order valence-corrected chi connectivity index (χ1v) is 9.32. The van der Waals surface area contributed by atoms with E-state index in [0.29, 0.717) is 5.56 Å². The lowest BCUT2D eigenvalue weighted by Gasteiger charge is -2.32. The molecule has 0 saturated heterocycles. The van der Waals surface area contributed by atoms with Gasteiger partial charge in [-0.2, -0.15) is 0 Å². The van der Waals surface area contributed by atoms with Crippen LogP contribution in [0.3, 0.4) is 0 Å². The summed E-state index contributed by atoms with van der Waals surface area (Å²) >= 11 is 0. The molecule has 32 heavy (non-hydrogen) atoms. The molecule has 170 valence electrons. The zero-order chi connectivity index (χ0) is 24.3. The Kier molecular flexibility index (Phi) is 10.2. The number of carbonyl (C=O) groups is 2. The molecular weight excluding hydrogens is 420 g/mol. The third-order valence-electron chi connectivity index (χ3n) is 4.37. The van der Waals surface area contributed by atoms with E-state index in [-0.39, 0.29) is 12.2 Å². The Hall–Kier alpha value is -3.58. The van der Waals surface area contributed by atoms with Gasteiger partial charge in [-0.1, -0.05) is 24.0 Å². The predicted molar refractivity (Wildman–Crippen MR) is 116 cm³/mol. The SMILES string of the molecule is C=C.CC(N)(C(F)F)C(NC(=O)c1ccc(C#Cc2ccc(CO)cc2)cc1)C(=O)NO. The van der Waals surface area contributed by atoms with E-state index >= 15 is 0 Å². The zero-order valence-corrected chi connectivity index (χ0v) is 17.4. The van der Waals surface area contributed by atoms with Crippen LogP contribution in [0.15, 0.2) is 61.7 Å². The van der Waals surface area contributed by atoms with Crippen molar-refractivity contribution < 1.29 is 28.7 Å². The van der Waals surface area contributed by atoms with E-state index < -0.39 is 29.8 Å². The van der Waals surface area contributed by atoms with Crippen molar-refractivity contribution in [2.24, 2.45) is 5.73 Å². The number of nitrogens with two attached hydrogens (primary N) is 1. The smallest absolute Gasteiger partial charge is 0.268 e. The lowest BCUT2D eigenvalue weighted by Crippen LogP contribution is -2.66. The molecule has 0 aliphatic heterocycles. The maximum atomic E-state index is 13.2. The molecule has 0 heterocycles. The number of hydrogen-bond donors (Lipinski definition) is 5. The number of halogens is 2. The summed E-state index contributed by atoms with van der Waals surface area (Å²) in [7, 11) is 0. The molecule has 0 radical (unpaired) electrons. The molecule has 0 bridgehead atoms. The Morgan fingerprint density at radius 1 is 1.06 bits per heavy atom. The molecule has 9 heteroatoms. The zero-order valence-electron chi connectivity index (χ0n) is 17.4. The molecule has 0 aliphatic carbocycles. The van der Waals surface area contributed by atoms with Gasteiger partial charge in [-0.05, 0) is 48.9 Å². The van der Waals surface area contributed by atoms with Crippen LogP contribution in [0, 0.1) is 11.8 Å². The molecule has 2 unspecified atom stereocenters. The number of amides is 2. The normalized spacial score (nSPS) is 12.8. The standard InChI is InChI=1S/C21H21F2N3O4.C2H4/c1-21(24,20(22)23)17(19(29)26-30)25-18(28)16-10-8-14(9-11-16)3-2-13-4-6-15(12-27)7-5-13;1-2/h4-11,17,20,27,30H,12,24H2,1H3,(H,25,28)(H,26,29);1-2H2. The monoisotopic (exact) mass is 445 g/mol. The molecule has 2 rings (SSSR count). The number of nitrogens with one attached hydrogen (secondary N) is 2. The highest BCUT2D eigenvalue weighted by Crippen LogP contribution is 2.18. The number of hydrogen-bond acceptors (Lipinski definition) is 5. The van der Waals surface area contributed by atoms with Gasteiger partial charge in [0.05, 0.1) is 6.61 Å². The average molecular weight is 445 g/mol. The van der Waals surface area contributed by atoms with Crippen LogP contribution in [-0.4, -0.2) is 40.1 Å². The summed E-state index contributed by atoms with van der Waals surface area (Å²) in [6.45, 7) is 6.84. The van der Waals surface area contributed by atoms with Crippen LogP contribution in [0.25, 0.3) is 0 Å². The second-order valence-electron chi connectivity index (χ2n) is 6.73. The first-order chi connectivity index (χ1) is 15.2. The van der Waals surface area contributed by atoms with Crippen LogP contribution < -0.4 is 16.5 Å². The Morgan fingerprint density at radius 2 is 1.53 bits per heavy atom. The number of aliphatic hydroxyl groups excluding tert-OH is 1. The van der Waals surface area contributed by atoms with E-state index in [1.54, 1.807) is 36.4 Å². The van der Waals surface area contributed by atoms with Crippen LogP contribution in [0.1, 0.15) is 34.0 Å². The fraction of sp³-hybridized carbons (Fsp3) is 0.217. The number of aliphatic hydroxyl groups is 1. The number of hydroxylamine groups is 1. The van der Waals surface area contributed by atoms with Crippen LogP contribution >= 0.6 is 0 Å². The van der Waals surface area contributed by atoms with Crippen molar-refractivity contribution in [3.63, 3.8) is 0 Å². The summed E-state index contributed by atoms with van der Waals surface area (Å²) in [4.78, 5) is 24.1. The molecular formula is C23H25F2N3O4. The van der Waals surface area contributed by atoms with Crippen molar-refractivity contribution >= 4 is 11.8 Å². The Bertz CT molecular complexity index is 965. The van der Waals surface area contributed by atoms with E-state index in [4.69, 9.17) is 16.0 Å². The minimum Gasteiger partial charge on any atom is -0.392 e. The molecule has 0 fully saturated rings. The first kappa shape index (κ1) is 26.5. The highest BCUT2D eigenvalue weighted by molar-refractivity contribution is 5.98. The second kappa shape index (κ2) is 12.3. The minimum absolute atomic E-state index is 0.0569. The van der Waals surface area contributed by atoms with Gasteiger partial charge < -0.3 is 16.2 Å². The molecule has 7 nitrogen and oxygen atoms in total. The molecule has 0 saturated carbocycles. The largest absolute Gasteiger partial charge is 0.392 e. The maximum Gasteiger partial charge on any atom is 0.268 e. The minimum atomic E-state index is -3.14. The highest BCUT2D eigenvalue weighted by atomic mass is 19.3. The Balaban J connectivity index is 0.00000249. The van der Waals surface area contributed by atoms with Gasteiger partial charge in [0.25, 0.3) is 18.2 Å². The quantitative estimate of drug-likeness (QED) is 0.201. The van der Waals surface area contributed by atoms with Gasteiger partial charge in [-0.25, -0.2) is 14.3 Å². The molecule has 2 aromatic rings. The van der Waals surface area contributed by atoms with Crippen molar-refractivity contribution in [2.75, 3.05) is 0 Å². The van der Waals surface area contributed by atoms with Crippen molar-refractivity contribution in [3.8, 4) is 11.8 Å². The van der Waals surface area contributed by atoms with Gasteiger partial charge in [0.1, 0.15) is 11.6 Å². The van der Waals surface area contributed by atoms with Crippen LogP contribution in [0.5, 0.6) is 0 Å². The van der Waals surface area contributed by atoms with Gasteiger partial charge in [-0.15, -0.1) is 13.2 Å². The third kappa shape index (κ3) is 6.99. The lowest BCUT2D eigenvalue weighted by atomic mass is 9.92. The van der Waals surface area contributed by atoms with Crippen LogP contribution in [0.2, 0.25) is 0 Å². The van der Waals surface area contributed by atoms with Gasteiger partial charge in [0, 0.05) is 16.7 Å². The fourth-order valence-electron chi connectivity index (χ4n) is 2.45. The molecule has 2 aromatic carbocycles. The average Bonchev–Trinajstić information content (AvgIpc) is 2.82. The molecule has 6 N–H and O–H groups in total. The molecule has 0 aliphatic rings. The summed E-state index contributed by atoms with van der Waals surface area (Å²) in [6.07, 6.45) is -3.14. The number of benzene rings is 2. The second-order valence-corrected chi connectivity index (χ2v) is 6.73. The van der Waals surface area contributed by atoms with Crippen molar-refractivity contribution in [1.29, 1.82) is 0 Å². The highest BCUT2D eigenvalue weighted by Gasteiger charge is 2.44. The fourth-order valence-corrected chi connectivity index (χ4v) is 2.45. The maximum absolute atomic E-state index is 13.2. The first-order valence-electron chi connectivity index (χ1n) is 9.32. The molecule has 0 spiro atoms. The molecule has 0 aromatic heterocycles. The summed E-state index contributed by atoms with van der Waals surface area (Å²) in [5.41, 5.74) is 6.50. The van der Waals surface area contributed by atoms with Crippen molar-refractivity contribution in [1.82, 2.24) is 10.8 Å². The predicted octanol–water partition coefficient (Wildman–Crippen LogP) is 1.97. The number of carbonyl (C=O) groups excluding carboxylic acids is 2. The molecule has 2 amide bonds. The van der Waals surface area contributed by atoms with E-state index in [9.17, 15) is 18.4 Å². The van der Waals surface area contributed by atoms with Gasteiger partial charge >= 0.3 is 0 Å². The topological polar surface area (TPSA) is 125 Å². The number of alkyl halides is 2. The molecule has 2 atom stereocenters. The Morgan fingerprint density at radius 3 is 1.94 bits per heavy atom. The van der Waals surface area contributed by atoms with Gasteiger partial charge in [0.15, 0.2) is 0 Å². The van der Waals surface area contributed by atoms with Crippen LogP contribution in [-0.2, 0) is 11.4 Å². The Labute approximate surface area is 184 Å². The number of rotatable bonds is 6. The van der Waals surface area contributed by atoms with Crippen molar-refractivity contribution in [3.05, 3.63) is 83.9 Å². The summed E-state index contributed by atoms with van der Waals surface area (Å²) < 4.78 is 26.3. The van der Waals surface area contributed by atoms with E-state index in [1.807, 2.05) is 0 Å². The van der Waals surface area contributed by atoms with E-state index in [1.165, 1.54) is 17.6 Å². The van der Waals surface area contributed by atoms with Crippen molar-refractivity contribution in [2.45, 2.75) is 31.5 Å². The van der Waals surface area contributed by atoms with Gasteiger partial charge in [0.2, 0.25) is 0 Å². The lowest BCUT2D eigenvalue weighted by molar-refractivity contribution is -0.134. The summed E-state index contributed by atoms with van der Waals surface area (Å²) in [5, 5.41) is 19.9. The summed E-state index contributed by atoms with van der Waals surface area (Å²) in [5.74, 6) is 3.77. The summed E-state index contributed by atoms with van der Waals surface area (Å²) in [6, 6.07) is 11.1. The van der Waals surface area contributed by atoms with Gasteiger partial charge in [-0.3, -0.25) is 14.8 Å². The van der Waals surface area contributed by atoms with E-state index in [2.05, 4.69) is 30.3 Å².